The van der Waals surface area contributed by atoms with Crippen molar-refractivity contribution >= 4 is 0 Å². The van der Waals surface area contributed by atoms with Crippen LogP contribution >= 0.6 is 0 Å². The van der Waals surface area contributed by atoms with E-state index in [1.165, 1.54) is 0 Å². The van der Waals surface area contributed by atoms with Crippen molar-refractivity contribution in [3.05, 3.63) is 23.7 Å². The van der Waals surface area contributed by atoms with E-state index in [1.807, 2.05) is 19.1 Å². The zero-order chi connectivity index (χ0) is 10.8. The van der Waals surface area contributed by atoms with Crippen LogP contribution in [-0.2, 0) is 0 Å². The normalized spacial score (nSPS) is 25.4. The van der Waals surface area contributed by atoms with Gasteiger partial charge in [0.1, 0.15) is 11.5 Å². The highest BCUT2D eigenvalue weighted by Crippen LogP contribution is 2.20. The molecule has 0 amide bonds. The molecule has 0 spiro atoms. The van der Waals surface area contributed by atoms with Crippen molar-refractivity contribution < 1.29 is 4.42 Å². The van der Waals surface area contributed by atoms with Crippen LogP contribution in [0, 0.1) is 6.92 Å². The maximum Gasteiger partial charge on any atom is 0.122 e. The molecule has 1 aromatic rings. The molecule has 4 nitrogen and oxygen atoms in total. The Morgan fingerprint density at radius 2 is 2.40 bits per heavy atom. The third-order valence-electron chi connectivity index (χ3n) is 3.07. The first-order valence-corrected chi connectivity index (χ1v) is 5.41. The number of nitrogens with two attached hydrogens (primary N) is 1. The second-order valence-corrected chi connectivity index (χ2v) is 4.23. The molecule has 0 radical (unpaired) electrons. The Balaban J connectivity index is 2.09. The number of aryl methyl sites for hydroxylation is 1. The van der Waals surface area contributed by atoms with E-state index in [0.717, 1.165) is 31.2 Å². The molecule has 1 saturated heterocycles. The van der Waals surface area contributed by atoms with Gasteiger partial charge in [-0.1, -0.05) is 0 Å². The summed E-state index contributed by atoms with van der Waals surface area (Å²) in [6.07, 6.45) is 0. The van der Waals surface area contributed by atoms with Crippen LogP contribution in [0.1, 0.15) is 17.6 Å². The first-order valence-electron chi connectivity index (χ1n) is 5.41. The van der Waals surface area contributed by atoms with Gasteiger partial charge in [0.25, 0.3) is 0 Å². The molecule has 0 bridgehead atoms. The standard InChI is InChI=1S/C11H19N3O/c1-8-3-4-10(15-8)11(12)9-7-13-5-6-14(9)2/h3-4,9,11,13H,5-7,12H2,1-2H3. The summed E-state index contributed by atoms with van der Waals surface area (Å²) in [7, 11) is 2.11. The van der Waals surface area contributed by atoms with Crippen LogP contribution in [0.5, 0.6) is 0 Å². The predicted octanol–water partition coefficient (Wildman–Crippen LogP) is 0.491. The molecule has 2 atom stereocenters. The number of rotatable bonds is 2. The number of nitrogens with zero attached hydrogens (tertiary/aromatic N) is 1. The van der Waals surface area contributed by atoms with Crippen molar-refractivity contribution in [2.75, 3.05) is 26.7 Å². The maximum atomic E-state index is 6.20. The van der Waals surface area contributed by atoms with Gasteiger partial charge < -0.3 is 15.5 Å². The van der Waals surface area contributed by atoms with Gasteiger partial charge in [0.15, 0.2) is 0 Å². The minimum Gasteiger partial charge on any atom is -0.465 e. The molecular formula is C11H19N3O. The average Bonchev–Trinajstić information content (AvgIpc) is 2.65. The summed E-state index contributed by atoms with van der Waals surface area (Å²) < 4.78 is 5.57. The molecule has 1 aliphatic rings. The summed E-state index contributed by atoms with van der Waals surface area (Å²) in [6.45, 7) is 4.95. The van der Waals surface area contributed by atoms with Gasteiger partial charge in [-0.25, -0.2) is 0 Å². The van der Waals surface area contributed by atoms with Crippen molar-refractivity contribution in [1.82, 2.24) is 10.2 Å². The van der Waals surface area contributed by atoms with Gasteiger partial charge in [-0.3, -0.25) is 4.90 Å². The fraction of sp³-hybridized carbons (Fsp3) is 0.636. The van der Waals surface area contributed by atoms with Gasteiger partial charge in [0.05, 0.1) is 6.04 Å². The zero-order valence-corrected chi connectivity index (χ0v) is 9.36. The van der Waals surface area contributed by atoms with Gasteiger partial charge in [0.2, 0.25) is 0 Å². The third kappa shape index (κ3) is 2.22. The Morgan fingerprint density at radius 1 is 1.60 bits per heavy atom. The number of likely N-dealkylation sites (N-methyl/N-ethyl adjacent to an activating group) is 1. The summed E-state index contributed by atoms with van der Waals surface area (Å²) >= 11 is 0. The Bertz CT molecular complexity index is 323. The molecule has 1 aromatic heterocycles. The number of hydrogen-bond acceptors (Lipinski definition) is 4. The van der Waals surface area contributed by atoms with Gasteiger partial charge in [-0.05, 0) is 26.1 Å². The zero-order valence-electron chi connectivity index (χ0n) is 9.36. The molecule has 2 heterocycles. The molecule has 0 aromatic carbocycles. The first-order chi connectivity index (χ1) is 7.18. The smallest absolute Gasteiger partial charge is 0.122 e. The minimum absolute atomic E-state index is 0.0449. The third-order valence-corrected chi connectivity index (χ3v) is 3.07. The van der Waals surface area contributed by atoms with E-state index in [1.54, 1.807) is 0 Å². The van der Waals surface area contributed by atoms with Crippen LogP contribution in [0.4, 0.5) is 0 Å². The largest absolute Gasteiger partial charge is 0.465 e. The molecule has 0 saturated carbocycles. The molecule has 4 heteroatoms. The van der Waals surface area contributed by atoms with Crippen molar-refractivity contribution in [3.63, 3.8) is 0 Å². The Morgan fingerprint density at radius 3 is 3.00 bits per heavy atom. The predicted molar refractivity (Wildman–Crippen MR) is 59.7 cm³/mol. The van der Waals surface area contributed by atoms with Gasteiger partial charge >= 0.3 is 0 Å². The fourth-order valence-corrected chi connectivity index (χ4v) is 2.05. The van der Waals surface area contributed by atoms with E-state index in [4.69, 9.17) is 10.2 Å². The number of furan rings is 1. The van der Waals surface area contributed by atoms with Gasteiger partial charge in [-0.15, -0.1) is 0 Å². The Kier molecular flexibility index (Phi) is 3.09. The number of piperazine rings is 1. The summed E-state index contributed by atoms with van der Waals surface area (Å²) in [4.78, 5) is 2.29. The molecule has 2 unspecified atom stereocenters. The van der Waals surface area contributed by atoms with Crippen molar-refractivity contribution in [2.45, 2.75) is 19.0 Å². The fourth-order valence-electron chi connectivity index (χ4n) is 2.05. The van der Waals surface area contributed by atoms with Crippen LogP contribution in [-0.4, -0.2) is 37.6 Å². The quantitative estimate of drug-likeness (QED) is 0.744. The second-order valence-electron chi connectivity index (χ2n) is 4.23. The lowest BCUT2D eigenvalue weighted by Gasteiger charge is -2.36. The molecule has 3 N–H and O–H groups in total. The number of hydrogen-bond donors (Lipinski definition) is 2. The Hall–Kier alpha value is -0.840. The molecule has 84 valence electrons. The lowest BCUT2D eigenvalue weighted by atomic mass is 10.0. The Labute approximate surface area is 90.4 Å². The second kappa shape index (κ2) is 4.35. The van der Waals surface area contributed by atoms with Crippen LogP contribution in [0.2, 0.25) is 0 Å². The van der Waals surface area contributed by atoms with E-state index < -0.39 is 0 Å². The van der Waals surface area contributed by atoms with Gasteiger partial charge in [0, 0.05) is 25.7 Å². The molecular weight excluding hydrogens is 190 g/mol. The summed E-state index contributed by atoms with van der Waals surface area (Å²) in [5, 5.41) is 3.36. The summed E-state index contributed by atoms with van der Waals surface area (Å²) in [5.74, 6) is 1.81. The van der Waals surface area contributed by atoms with Crippen molar-refractivity contribution in [2.24, 2.45) is 5.73 Å². The summed E-state index contributed by atoms with van der Waals surface area (Å²) in [6, 6.07) is 4.22. The molecule has 1 fully saturated rings. The van der Waals surface area contributed by atoms with Crippen LogP contribution in [0.25, 0.3) is 0 Å². The first kappa shape index (κ1) is 10.7. The highest BCUT2D eigenvalue weighted by molar-refractivity contribution is 5.12. The van der Waals surface area contributed by atoms with E-state index in [9.17, 15) is 0 Å². The SMILES string of the molecule is Cc1ccc(C(N)C2CNCCN2C)o1. The van der Waals surface area contributed by atoms with E-state index in [-0.39, 0.29) is 6.04 Å². The lowest BCUT2D eigenvalue weighted by molar-refractivity contribution is 0.164. The number of nitrogens with one attached hydrogen (secondary N) is 1. The molecule has 2 rings (SSSR count). The topological polar surface area (TPSA) is 54.4 Å². The lowest BCUT2D eigenvalue weighted by Crippen LogP contribution is -2.53. The molecule has 1 aliphatic heterocycles. The highest BCUT2D eigenvalue weighted by atomic mass is 16.3. The molecule has 15 heavy (non-hydrogen) atoms. The molecule has 0 aliphatic carbocycles. The van der Waals surface area contributed by atoms with Crippen LogP contribution in [0.3, 0.4) is 0 Å². The van der Waals surface area contributed by atoms with Gasteiger partial charge in [-0.2, -0.15) is 0 Å². The minimum atomic E-state index is -0.0449. The van der Waals surface area contributed by atoms with E-state index in [0.29, 0.717) is 6.04 Å². The highest BCUT2D eigenvalue weighted by Gasteiger charge is 2.27. The van der Waals surface area contributed by atoms with E-state index >= 15 is 0 Å². The van der Waals surface area contributed by atoms with Crippen LogP contribution in [0.15, 0.2) is 16.5 Å². The maximum absolute atomic E-state index is 6.20. The van der Waals surface area contributed by atoms with Crippen LogP contribution < -0.4 is 11.1 Å². The van der Waals surface area contributed by atoms with Crippen molar-refractivity contribution in [1.29, 1.82) is 0 Å². The monoisotopic (exact) mass is 209 g/mol. The van der Waals surface area contributed by atoms with Crippen molar-refractivity contribution in [3.8, 4) is 0 Å². The summed E-state index contributed by atoms with van der Waals surface area (Å²) in [5.41, 5.74) is 6.20. The average molecular weight is 209 g/mol. The van der Waals surface area contributed by atoms with E-state index in [2.05, 4.69) is 17.3 Å².